The van der Waals surface area contributed by atoms with E-state index in [4.69, 9.17) is 5.14 Å². The maximum Gasteiger partial charge on any atom is 0.321 e. The van der Waals surface area contributed by atoms with E-state index in [1.54, 1.807) is 4.90 Å². The number of carbonyl (C=O) groups is 1. The third-order valence-corrected chi connectivity index (χ3v) is 4.24. The number of hydrogen-bond donors (Lipinski definition) is 2. The summed E-state index contributed by atoms with van der Waals surface area (Å²) in [6, 6.07) is 2.66. The lowest BCUT2D eigenvalue weighted by Gasteiger charge is -2.21. The first-order chi connectivity index (χ1) is 9.86. The van der Waals surface area contributed by atoms with E-state index in [9.17, 15) is 17.6 Å². The Balaban J connectivity index is 2.15. The van der Waals surface area contributed by atoms with Gasteiger partial charge in [0.05, 0.1) is 4.90 Å². The number of primary sulfonamides is 1. The average Bonchev–Trinajstić information content (AvgIpc) is 2.65. The van der Waals surface area contributed by atoms with Gasteiger partial charge in [-0.1, -0.05) is 12.8 Å². The van der Waals surface area contributed by atoms with Crippen molar-refractivity contribution in [3.63, 3.8) is 0 Å². The second kappa shape index (κ2) is 6.40. The quantitative estimate of drug-likeness (QED) is 0.872. The number of rotatable bonds is 2. The van der Waals surface area contributed by atoms with Crippen molar-refractivity contribution >= 4 is 21.7 Å². The number of nitrogens with zero attached hydrogens (tertiary/aromatic N) is 1. The van der Waals surface area contributed by atoms with E-state index < -0.39 is 15.8 Å². The van der Waals surface area contributed by atoms with Crippen LogP contribution in [0, 0.1) is 5.82 Å². The van der Waals surface area contributed by atoms with Crippen molar-refractivity contribution in [1.82, 2.24) is 4.90 Å². The summed E-state index contributed by atoms with van der Waals surface area (Å²) in [6.45, 7) is 1.28. The summed E-state index contributed by atoms with van der Waals surface area (Å²) in [5.41, 5.74) is 0.0771. The number of halogens is 1. The molecule has 2 amide bonds. The van der Waals surface area contributed by atoms with Crippen LogP contribution in [-0.2, 0) is 10.0 Å². The number of likely N-dealkylation sites (tertiary alicyclic amines) is 1. The van der Waals surface area contributed by atoms with Crippen LogP contribution in [0.1, 0.15) is 25.7 Å². The van der Waals surface area contributed by atoms with Gasteiger partial charge < -0.3 is 10.2 Å². The monoisotopic (exact) mass is 315 g/mol. The van der Waals surface area contributed by atoms with E-state index in [-0.39, 0.29) is 16.6 Å². The number of nitrogens with one attached hydrogen (secondary N) is 1. The third kappa shape index (κ3) is 4.40. The highest BCUT2D eigenvalue weighted by atomic mass is 32.2. The van der Waals surface area contributed by atoms with Gasteiger partial charge >= 0.3 is 6.03 Å². The largest absolute Gasteiger partial charge is 0.325 e. The molecule has 0 bridgehead atoms. The fourth-order valence-electron chi connectivity index (χ4n) is 2.28. The number of carbonyl (C=O) groups excluding carboxylic acids is 1. The highest BCUT2D eigenvalue weighted by molar-refractivity contribution is 7.89. The molecular weight excluding hydrogens is 297 g/mol. The summed E-state index contributed by atoms with van der Waals surface area (Å²) in [5, 5.41) is 7.49. The van der Waals surface area contributed by atoms with Crippen LogP contribution in [0.3, 0.4) is 0 Å². The summed E-state index contributed by atoms with van der Waals surface area (Å²) in [4.78, 5) is 13.4. The van der Waals surface area contributed by atoms with Crippen LogP contribution >= 0.6 is 0 Å². The first kappa shape index (κ1) is 15.7. The molecular formula is C13H18FN3O3S. The van der Waals surface area contributed by atoms with E-state index in [0.717, 1.165) is 43.9 Å². The number of benzene rings is 1. The lowest BCUT2D eigenvalue weighted by Crippen LogP contribution is -2.35. The van der Waals surface area contributed by atoms with Gasteiger partial charge in [0.15, 0.2) is 0 Å². The molecule has 0 unspecified atom stereocenters. The maximum absolute atomic E-state index is 13.4. The molecule has 116 valence electrons. The highest BCUT2D eigenvalue weighted by Gasteiger charge is 2.17. The van der Waals surface area contributed by atoms with Crippen LogP contribution in [0.5, 0.6) is 0 Å². The molecule has 1 heterocycles. The maximum atomic E-state index is 13.4. The van der Waals surface area contributed by atoms with Crippen LogP contribution in [0.2, 0.25) is 0 Å². The molecule has 1 aliphatic heterocycles. The topological polar surface area (TPSA) is 92.5 Å². The van der Waals surface area contributed by atoms with Gasteiger partial charge in [0, 0.05) is 18.8 Å². The second-order valence-electron chi connectivity index (χ2n) is 5.05. The normalized spacial score (nSPS) is 16.4. The molecule has 1 fully saturated rings. The zero-order valence-electron chi connectivity index (χ0n) is 11.5. The second-order valence-corrected chi connectivity index (χ2v) is 6.61. The van der Waals surface area contributed by atoms with Gasteiger partial charge in [-0.05, 0) is 31.0 Å². The van der Waals surface area contributed by atoms with Crippen LogP contribution in [0.25, 0.3) is 0 Å². The lowest BCUT2D eigenvalue weighted by atomic mass is 10.2. The van der Waals surface area contributed by atoms with Gasteiger partial charge in [0.2, 0.25) is 10.0 Å². The van der Waals surface area contributed by atoms with Gasteiger partial charge in [-0.3, -0.25) is 0 Å². The molecule has 1 aliphatic rings. The molecule has 1 saturated heterocycles. The number of nitrogens with two attached hydrogens (primary N) is 1. The van der Waals surface area contributed by atoms with Crippen molar-refractivity contribution in [2.45, 2.75) is 30.6 Å². The fraction of sp³-hybridized carbons (Fsp3) is 0.462. The van der Waals surface area contributed by atoms with E-state index in [2.05, 4.69) is 5.32 Å². The van der Waals surface area contributed by atoms with E-state index in [0.29, 0.717) is 13.1 Å². The van der Waals surface area contributed by atoms with Gasteiger partial charge in [-0.2, -0.15) is 0 Å². The molecule has 8 heteroatoms. The lowest BCUT2D eigenvalue weighted by molar-refractivity contribution is 0.213. The first-order valence-electron chi connectivity index (χ1n) is 6.75. The van der Waals surface area contributed by atoms with Crippen molar-refractivity contribution in [1.29, 1.82) is 0 Å². The van der Waals surface area contributed by atoms with Gasteiger partial charge in [0.1, 0.15) is 5.82 Å². The Labute approximate surface area is 123 Å². The molecule has 3 N–H and O–H groups in total. The number of hydrogen-bond acceptors (Lipinski definition) is 3. The number of anilines is 1. The summed E-state index contributed by atoms with van der Waals surface area (Å²) in [7, 11) is -4.02. The SMILES string of the molecule is NS(=O)(=O)c1cc(F)cc(NC(=O)N2CCCCCC2)c1. The predicted molar refractivity (Wildman–Crippen MR) is 76.8 cm³/mol. The van der Waals surface area contributed by atoms with E-state index >= 15 is 0 Å². The van der Waals surface area contributed by atoms with Crippen LogP contribution in [-0.4, -0.2) is 32.4 Å². The van der Waals surface area contributed by atoms with Crippen molar-refractivity contribution < 1.29 is 17.6 Å². The molecule has 0 aliphatic carbocycles. The Morgan fingerprint density at radius 2 is 1.76 bits per heavy atom. The van der Waals surface area contributed by atoms with Crippen LogP contribution < -0.4 is 10.5 Å². The average molecular weight is 315 g/mol. The molecule has 1 aromatic rings. The van der Waals surface area contributed by atoms with Crippen molar-refractivity contribution in [3.8, 4) is 0 Å². The summed E-state index contributed by atoms with van der Waals surface area (Å²) >= 11 is 0. The Bertz CT molecular complexity index is 626. The van der Waals surface area contributed by atoms with Crippen LogP contribution in [0.15, 0.2) is 23.1 Å². The minimum absolute atomic E-state index is 0.0771. The number of amides is 2. The molecule has 2 rings (SSSR count). The molecule has 0 saturated carbocycles. The number of sulfonamides is 1. The molecule has 0 radical (unpaired) electrons. The fourth-order valence-corrected chi connectivity index (χ4v) is 2.84. The summed E-state index contributed by atoms with van der Waals surface area (Å²) in [5.74, 6) is -0.771. The van der Waals surface area contributed by atoms with Gasteiger partial charge in [-0.25, -0.2) is 22.7 Å². The Morgan fingerprint density at radius 3 is 2.33 bits per heavy atom. The van der Waals surface area contributed by atoms with Crippen molar-refractivity contribution in [3.05, 3.63) is 24.0 Å². The summed E-state index contributed by atoms with van der Waals surface area (Å²) < 4.78 is 35.9. The summed E-state index contributed by atoms with van der Waals surface area (Å²) in [6.07, 6.45) is 4.02. The zero-order chi connectivity index (χ0) is 15.5. The molecule has 0 atom stereocenters. The highest BCUT2D eigenvalue weighted by Crippen LogP contribution is 2.18. The smallest absolute Gasteiger partial charge is 0.321 e. The van der Waals surface area contributed by atoms with Crippen LogP contribution in [0.4, 0.5) is 14.9 Å². The van der Waals surface area contributed by atoms with Crippen molar-refractivity contribution in [2.75, 3.05) is 18.4 Å². The van der Waals surface area contributed by atoms with E-state index in [1.807, 2.05) is 0 Å². The Kier molecular flexibility index (Phi) is 4.79. The Morgan fingerprint density at radius 1 is 1.14 bits per heavy atom. The molecule has 0 spiro atoms. The first-order valence-corrected chi connectivity index (χ1v) is 8.30. The standard InChI is InChI=1S/C13H18FN3O3S/c14-10-7-11(9-12(8-10)21(15,19)20)16-13(18)17-5-3-1-2-4-6-17/h7-9H,1-6H2,(H,16,18)(H2,15,19,20). The van der Waals surface area contributed by atoms with E-state index in [1.165, 1.54) is 0 Å². The molecule has 6 nitrogen and oxygen atoms in total. The van der Waals surface area contributed by atoms with Crippen molar-refractivity contribution in [2.24, 2.45) is 5.14 Å². The molecule has 1 aromatic carbocycles. The number of urea groups is 1. The molecule has 0 aromatic heterocycles. The zero-order valence-corrected chi connectivity index (χ0v) is 12.3. The van der Waals surface area contributed by atoms with Gasteiger partial charge in [-0.15, -0.1) is 0 Å². The van der Waals surface area contributed by atoms with Gasteiger partial charge in [0.25, 0.3) is 0 Å². The minimum Gasteiger partial charge on any atom is -0.325 e. The Hall–Kier alpha value is -1.67. The minimum atomic E-state index is -4.02. The third-order valence-electron chi connectivity index (χ3n) is 3.34. The predicted octanol–water partition coefficient (Wildman–Crippen LogP) is 1.88. The molecule has 21 heavy (non-hydrogen) atoms.